The molecule has 7 heteroatoms. The second kappa shape index (κ2) is 6.81. The molecule has 0 bridgehead atoms. The number of rotatable bonds is 4. The Morgan fingerprint density at radius 1 is 1.33 bits per heavy atom. The van der Waals surface area contributed by atoms with Gasteiger partial charge in [-0.1, -0.05) is 18.2 Å². The molecule has 7 nitrogen and oxygen atoms in total. The van der Waals surface area contributed by atoms with E-state index >= 15 is 0 Å². The maximum atomic E-state index is 11.8. The first-order valence-corrected chi connectivity index (χ1v) is 9.33. The molecule has 3 heterocycles. The third kappa shape index (κ3) is 3.35. The van der Waals surface area contributed by atoms with Crippen molar-refractivity contribution in [3.8, 4) is 5.69 Å². The Bertz CT molecular complexity index is 868. The molecule has 1 aromatic carbocycles. The molecule has 0 radical (unpaired) electrons. The van der Waals surface area contributed by atoms with Gasteiger partial charge in [-0.3, -0.25) is 14.5 Å². The minimum atomic E-state index is -0.874. The van der Waals surface area contributed by atoms with E-state index in [1.165, 1.54) is 5.56 Å². The lowest BCUT2D eigenvalue weighted by molar-refractivity contribution is -0.144. The van der Waals surface area contributed by atoms with Gasteiger partial charge in [-0.15, -0.1) is 0 Å². The van der Waals surface area contributed by atoms with Crippen LogP contribution >= 0.6 is 0 Å². The highest BCUT2D eigenvalue weighted by Gasteiger charge is 2.51. The standard InChI is InChI=1S/C20H24N4O3/c1-14-4-2-3-5-17(14)24-13-15(11-21-24)12-23-8-6-20(7-9-23)16(19(26)27)10-18(25)22-20/h2-5,11,13,16H,6-10,12H2,1H3,(H,22,25)(H,26,27)/t16-/m0/s1. The fourth-order valence-corrected chi connectivity index (χ4v) is 4.36. The molecule has 1 atom stereocenters. The van der Waals surface area contributed by atoms with E-state index in [0.717, 1.165) is 30.9 Å². The van der Waals surface area contributed by atoms with E-state index in [4.69, 9.17) is 0 Å². The minimum absolute atomic E-state index is 0.0958. The molecule has 2 aliphatic rings. The minimum Gasteiger partial charge on any atom is -0.481 e. The van der Waals surface area contributed by atoms with Crippen LogP contribution < -0.4 is 5.32 Å². The third-order valence-corrected chi connectivity index (χ3v) is 5.90. The van der Waals surface area contributed by atoms with E-state index in [2.05, 4.69) is 28.3 Å². The molecule has 2 N–H and O–H groups in total. The van der Waals surface area contributed by atoms with Crippen molar-refractivity contribution in [2.45, 2.75) is 38.3 Å². The lowest BCUT2D eigenvalue weighted by Crippen LogP contribution is -2.55. The summed E-state index contributed by atoms with van der Waals surface area (Å²) in [6.07, 6.45) is 5.36. The number of amides is 1. The van der Waals surface area contributed by atoms with Gasteiger partial charge in [0.25, 0.3) is 0 Å². The van der Waals surface area contributed by atoms with E-state index in [-0.39, 0.29) is 12.3 Å². The average Bonchev–Trinajstić information content (AvgIpc) is 3.22. The fourth-order valence-electron chi connectivity index (χ4n) is 4.36. The molecule has 1 amide bonds. The maximum Gasteiger partial charge on any atom is 0.309 e. The van der Waals surface area contributed by atoms with Crippen LogP contribution in [0.2, 0.25) is 0 Å². The second-order valence-electron chi connectivity index (χ2n) is 7.66. The zero-order chi connectivity index (χ0) is 19.0. The predicted octanol–water partition coefficient (Wildman–Crippen LogP) is 1.74. The van der Waals surface area contributed by atoms with Gasteiger partial charge in [-0.05, 0) is 31.4 Å². The maximum absolute atomic E-state index is 11.8. The van der Waals surface area contributed by atoms with Gasteiger partial charge in [0, 0.05) is 37.8 Å². The Hall–Kier alpha value is -2.67. The van der Waals surface area contributed by atoms with Gasteiger partial charge < -0.3 is 10.4 Å². The van der Waals surface area contributed by atoms with Gasteiger partial charge in [-0.2, -0.15) is 5.10 Å². The van der Waals surface area contributed by atoms with Gasteiger partial charge in [0.1, 0.15) is 0 Å². The molecule has 142 valence electrons. The van der Waals surface area contributed by atoms with Crippen molar-refractivity contribution >= 4 is 11.9 Å². The van der Waals surface area contributed by atoms with E-state index in [0.29, 0.717) is 12.8 Å². The average molecular weight is 368 g/mol. The highest BCUT2D eigenvalue weighted by molar-refractivity contribution is 5.88. The van der Waals surface area contributed by atoms with Crippen LogP contribution in [-0.2, 0) is 16.1 Å². The summed E-state index contributed by atoms with van der Waals surface area (Å²) in [6, 6.07) is 8.13. The van der Waals surface area contributed by atoms with Crippen LogP contribution in [0.25, 0.3) is 5.69 Å². The van der Waals surface area contributed by atoms with Gasteiger partial charge in [0.15, 0.2) is 0 Å². The number of carboxylic acids is 1. The Morgan fingerprint density at radius 3 is 2.78 bits per heavy atom. The quantitative estimate of drug-likeness (QED) is 0.858. The molecule has 0 aliphatic carbocycles. The van der Waals surface area contributed by atoms with Crippen molar-refractivity contribution in [3.63, 3.8) is 0 Å². The van der Waals surface area contributed by atoms with Crippen LogP contribution in [0.15, 0.2) is 36.7 Å². The predicted molar refractivity (Wildman–Crippen MR) is 99.4 cm³/mol. The summed E-state index contributed by atoms with van der Waals surface area (Å²) in [5, 5.41) is 16.9. The number of carbonyl (C=O) groups excluding carboxylic acids is 1. The summed E-state index contributed by atoms with van der Waals surface area (Å²) in [5.41, 5.74) is 2.78. The zero-order valence-electron chi connectivity index (χ0n) is 15.4. The number of para-hydroxylation sites is 1. The van der Waals surface area contributed by atoms with Crippen molar-refractivity contribution in [1.82, 2.24) is 20.0 Å². The first-order valence-electron chi connectivity index (χ1n) is 9.33. The molecule has 4 rings (SSSR count). The number of hydrogen-bond acceptors (Lipinski definition) is 4. The largest absolute Gasteiger partial charge is 0.481 e. The van der Waals surface area contributed by atoms with Crippen LogP contribution in [0.4, 0.5) is 0 Å². The first kappa shape index (κ1) is 17.7. The number of nitrogens with zero attached hydrogens (tertiary/aromatic N) is 3. The molecule has 2 aromatic rings. The van der Waals surface area contributed by atoms with Crippen LogP contribution in [-0.4, -0.2) is 50.3 Å². The zero-order valence-corrected chi connectivity index (χ0v) is 15.4. The number of benzene rings is 1. The Morgan fingerprint density at radius 2 is 2.07 bits per heavy atom. The van der Waals surface area contributed by atoms with Crippen molar-refractivity contribution < 1.29 is 14.7 Å². The monoisotopic (exact) mass is 368 g/mol. The van der Waals surface area contributed by atoms with E-state index in [1.54, 1.807) is 0 Å². The third-order valence-electron chi connectivity index (χ3n) is 5.90. The molecular formula is C20H24N4O3. The number of aromatic nitrogens is 2. The van der Waals surface area contributed by atoms with E-state index in [9.17, 15) is 14.7 Å². The summed E-state index contributed by atoms with van der Waals surface area (Å²) in [4.78, 5) is 25.6. The van der Waals surface area contributed by atoms with Crippen LogP contribution in [0.3, 0.4) is 0 Å². The number of carbonyl (C=O) groups is 2. The normalized spacial score (nSPS) is 22.1. The number of aryl methyl sites for hydroxylation is 1. The van der Waals surface area contributed by atoms with Crippen molar-refractivity contribution in [2.75, 3.05) is 13.1 Å². The summed E-state index contributed by atoms with van der Waals surface area (Å²) in [5.74, 6) is -1.63. The molecule has 0 unspecified atom stereocenters. The number of aliphatic carboxylic acids is 1. The van der Waals surface area contributed by atoms with Crippen LogP contribution in [0.1, 0.15) is 30.4 Å². The highest BCUT2D eigenvalue weighted by Crippen LogP contribution is 2.37. The van der Waals surface area contributed by atoms with Crippen LogP contribution in [0, 0.1) is 12.8 Å². The SMILES string of the molecule is Cc1ccccc1-n1cc(CN2CCC3(CC2)NC(=O)C[C@H]3C(=O)O)cn1. The topological polar surface area (TPSA) is 87.5 Å². The number of piperidine rings is 1. The second-order valence-corrected chi connectivity index (χ2v) is 7.66. The van der Waals surface area contributed by atoms with Gasteiger partial charge in [0.2, 0.25) is 5.91 Å². The van der Waals surface area contributed by atoms with Crippen molar-refractivity contribution in [3.05, 3.63) is 47.8 Å². The first-order chi connectivity index (χ1) is 13.0. The Kier molecular flexibility index (Phi) is 4.47. The summed E-state index contributed by atoms with van der Waals surface area (Å²) < 4.78 is 1.90. The van der Waals surface area contributed by atoms with Gasteiger partial charge in [-0.25, -0.2) is 4.68 Å². The number of likely N-dealkylation sites (tertiary alicyclic amines) is 1. The Labute approximate surface area is 158 Å². The van der Waals surface area contributed by atoms with Crippen molar-refractivity contribution in [2.24, 2.45) is 5.92 Å². The molecule has 27 heavy (non-hydrogen) atoms. The Balaban J connectivity index is 1.41. The molecule has 2 aliphatic heterocycles. The lowest BCUT2D eigenvalue weighted by atomic mass is 9.77. The summed E-state index contributed by atoms with van der Waals surface area (Å²) in [7, 11) is 0. The molecule has 2 saturated heterocycles. The van der Waals surface area contributed by atoms with E-state index in [1.807, 2.05) is 35.3 Å². The van der Waals surface area contributed by atoms with Gasteiger partial charge in [0.05, 0.1) is 23.3 Å². The number of hydrogen-bond donors (Lipinski definition) is 2. The summed E-state index contributed by atoms with van der Waals surface area (Å²) in [6.45, 7) is 4.36. The highest BCUT2D eigenvalue weighted by atomic mass is 16.4. The lowest BCUT2D eigenvalue weighted by Gasteiger charge is -2.41. The molecule has 2 fully saturated rings. The number of nitrogens with one attached hydrogen (secondary N) is 1. The summed E-state index contributed by atoms with van der Waals surface area (Å²) >= 11 is 0. The molecular weight excluding hydrogens is 344 g/mol. The fraction of sp³-hybridized carbons (Fsp3) is 0.450. The molecule has 1 aromatic heterocycles. The smallest absolute Gasteiger partial charge is 0.309 e. The number of carboxylic acid groups (broad SMARTS) is 1. The molecule has 0 saturated carbocycles. The molecule has 1 spiro atoms. The van der Waals surface area contributed by atoms with Crippen molar-refractivity contribution in [1.29, 1.82) is 0 Å². The van der Waals surface area contributed by atoms with Gasteiger partial charge >= 0.3 is 5.97 Å². The van der Waals surface area contributed by atoms with E-state index < -0.39 is 17.4 Å². The van der Waals surface area contributed by atoms with Crippen LogP contribution in [0.5, 0.6) is 0 Å².